The van der Waals surface area contributed by atoms with Crippen LogP contribution < -0.4 is 0 Å². The van der Waals surface area contributed by atoms with Crippen molar-refractivity contribution in [2.45, 2.75) is 60.2 Å². The Labute approximate surface area is 134 Å². The van der Waals surface area contributed by atoms with Gasteiger partial charge in [0.15, 0.2) is 0 Å². The fourth-order valence-electron chi connectivity index (χ4n) is 2.78. The molecule has 0 saturated heterocycles. The fraction of sp³-hybridized carbons (Fsp3) is 0.714. The van der Waals surface area contributed by atoms with Crippen LogP contribution in [-0.2, 0) is 4.74 Å². The molecule has 0 aromatic carbocycles. The van der Waals surface area contributed by atoms with Gasteiger partial charge in [-0.05, 0) is 0 Å². The van der Waals surface area contributed by atoms with E-state index in [1.165, 1.54) is 11.1 Å². The van der Waals surface area contributed by atoms with Crippen LogP contribution in [-0.4, -0.2) is 61.2 Å². The van der Waals surface area contributed by atoms with Crippen molar-refractivity contribution in [1.82, 2.24) is 0 Å². The fourth-order valence-corrected chi connectivity index (χ4v) is 4.16. The van der Waals surface area contributed by atoms with Gasteiger partial charge in [0.1, 0.15) is 0 Å². The van der Waals surface area contributed by atoms with Gasteiger partial charge in [-0.25, -0.2) is 0 Å². The van der Waals surface area contributed by atoms with E-state index in [-0.39, 0.29) is -0.490 Å². The van der Waals surface area contributed by atoms with Crippen molar-refractivity contribution < 1.29 is 4.74 Å². The maximum atomic E-state index is 6.05. The van der Waals surface area contributed by atoms with Crippen LogP contribution in [0.3, 0.4) is 0 Å². The van der Waals surface area contributed by atoms with Crippen LogP contribution in [0.25, 0.3) is 0 Å². The van der Waals surface area contributed by atoms with Gasteiger partial charge in [0, 0.05) is 0 Å². The molecule has 0 aromatic heterocycles. The second kappa shape index (κ2) is 5.37. The molecule has 1 atom stereocenters. The molecule has 1 nitrogen and oxygen atoms in total. The Kier molecular flexibility index (Phi) is 5.08. The molecule has 0 aromatic rings. The normalized spacial score (nSPS) is 22.4. The van der Waals surface area contributed by atoms with Crippen molar-refractivity contribution in [3.8, 4) is 0 Å². The van der Waals surface area contributed by atoms with E-state index >= 15 is 0 Å². The van der Waals surface area contributed by atoms with Crippen molar-refractivity contribution in [3.05, 3.63) is 22.3 Å². The first-order chi connectivity index (χ1) is 7.22. The summed E-state index contributed by atoms with van der Waals surface area (Å²) in [6.45, 7) is 15.6. The predicted molar refractivity (Wildman–Crippen MR) is 70.9 cm³/mol. The Bertz CT molecular complexity index is 326. The third kappa shape index (κ3) is 2.43. The molecule has 0 radical (unpaired) electrons. The maximum absolute atomic E-state index is 6.05. The molecule has 0 aliphatic heterocycles. The van der Waals surface area contributed by atoms with Gasteiger partial charge in [-0.2, -0.15) is 0 Å². The SMILES string of the molecule is CC1=C(C)[C]([K])(C(C)OC(C)C)C(C)=C1C. The number of hydrogen-bond acceptors (Lipinski definition) is 1. The third-order valence-corrected chi connectivity index (χ3v) is 8.15. The quantitative estimate of drug-likeness (QED) is 0.688. The molecule has 2 heteroatoms. The van der Waals surface area contributed by atoms with Gasteiger partial charge in [0.25, 0.3) is 0 Å². The molecule has 16 heavy (non-hydrogen) atoms. The average Bonchev–Trinajstić information content (AvgIpc) is 2.34. The van der Waals surface area contributed by atoms with Crippen molar-refractivity contribution in [3.63, 3.8) is 0 Å². The molecular weight excluding hydrogens is 223 g/mol. The Morgan fingerprint density at radius 3 is 1.62 bits per heavy atom. The Morgan fingerprint density at radius 2 is 1.31 bits per heavy atom. The van der Waals surface area contributed by atoms with Crippen molar-refractivity contribution in [1.29, 1.82) is 0 Å². The van der Waals surface area contributed by atoms with E-state index in [4.69, 9.17) is 4.74 Å². The topological polar surface area (TPSA) is 9.23 Å². The summed E-state index contributed by atoms with van der Waals surface area (Å²) >= 11 is 0.710. The average molecular weight is 246 g/mol. The summed E-state index contributed by atoms with van der Waals surface area (Å²) in [6, 6.07) is 0. The monoisotopic (exact) mass is 246 g/mol. The molecule has 0 amide bonds. The summed E-state index contributed by atoms with van der Waals surface area (Å²) in [5.41, 5.74) is 6.08. The summed E-state index contributed by atoms with van der Waals surface area (Å²) in [6.07, 6.45) is 0.635. The number of ether oxygens (including phenoxy) is 1. The van der Waals surface area contributed by atoms with E-state index in [9.17, 15) is 0 Å². The standard InChI is InChI=1S/C14H23O.K/c1-8(2)15-13(7)14-11(5)9(3)10(4)12(14)6;/h8,13H,1-7H3;. The van der Waals surface area contributed by atoms with Crippen LogP contribution in [0.4, 0.5) is 0 Å². The van der Waals surface area contributed by atoms with Crippen molar-refractivity contribution in [2.75, 3.05) is 0 Å². The second-order valence-corrected chi connectivity index (χ2v) is 7.99. The zero-order chi connectivity index (χ0) is 12.7. The molecule has 0 saturated carbocycles. The van der Waals surface area contributed by atoms with Crippen molar-refractivity contribution >= 4 is 49.0 Å². The van der Waals surface area contributed by atoms with Crippen LogP contribution >= 0.6 is 0 Å². The molecule has 1 unspecified atom stereocenters. The summed E-state index contributed by atoms with van der Waals surface area (Å²) in [7, 11) is 0. The molecule has 0 N–H and O–H groups in total. The molecule has 0 heterocycles. The Hall–Kier alpha value is 1.08. The summed E-state index contributed by atoms with van der Waals surface area (Å²) in [4.78, 5) is 0. The molecule has 86 valence electrons. The van der Waals surface area contributed by atoms with Gasteiger partial charge in [-0.1, -0.05) is 0 Å². The third-order valence-electron chi connectivity index (χ3n) is 4.53. The molecule has 0 fully saturated rings. The van der Waals surface area contributed by atoms with Crippen LogP contribution in [0.5, 0.6) is 0 Å². The van der Waals surface area contributed by atoms with Gasteiger partial charge < -0.3 is 0 Å². The molecule has 0 spiro atoms. The Morgan fingerprint density at radius 1 is 0.938 bits per heavy atom. The minimum atomic E-state index is 0.269. The van der Waals surface area contributed by atoms with Gasteiger partial charge in [0.2, 0.25) is 0 Å². The van der Waals surface area contributed by atoms with E-state index in [2.05, 4.69) is 48.5 Å². The first kappa shape index (κ1) is 15.1. The van der Waals surface area contributed by atoms with E-state index in [1.54, 1.807) is 11.1 Å². The molecule has 1 aliphatic carbocycles. The first-order valence-electron chi connectivity index (χ1n) is 6.24. The Balaban J connectivity index is 3.11. The number of rotatable bonds is 3. The molecule has 0 bridgehead atoms. The predicted octanol–water partition coefficient (Wildman–Crippen LogP) is 3.81. The summed E-state index contributed by atoms with van der Waals surface area (Å²) in [5.74, 6) is 0. The van der Waals surface area contributed by atoms with Crippen LogP contribution in [0, 0.1) is 0 Å². The van der Waals surface area contributed by atoms with E-state index < -0.39 is 0 Å². The summed E-state index contributed by atoms with van der Waals surface area (Å²) < 4.78 is 6.32. The number of allylic oxidation sites excluding steroid dienone is 2. The van der Waals surface area contributed by atoms with E-state index in [1.807, 2.05) is 0 Å². The minimum absolute atomic E-state index is 0.269. The van der Waals surface area contributed by atoms with Gasteiger partial charge >= 0.3 is 136 Å². The molecular formula is C14H23KO. The van der Waals surface area contributed by atoms with Crippen molar-refractivity contribution in [2.24, 2.45) is 0 Å². The second-order valence-electron chi connectivity index (χ2n) is 5.53. The van der Waals surface area contributed by atoms with Crippen LogP contribution in [0.2, 0.25) is -0.490 Å². The van der Waals surface area contributed by atoms with Crippen LogP contribution in [0.15, 0.2) is 22.3 Å². The number of hydrogen-bond donors (Lipinski definition) is 0. The van der Waals surface area contributed by atoms with Gasteiger partial charge in [-0.15, -0.1) is 0 Å². The van der Waals surface area contributed by atoms with Crippen LogP contribution in [0.1, 0.15) is 48.5 Å². The molecule has 1 rings (SSSR count). The zero-order valence-electron chi connectivity index (χ0n) is 12.1. The first-order valence-corrected chi connectivity index (χ1v) is 7.80. The molecule has 1 aliphatic rings. The van der Waals surface area contributed by atoms with E-state index in [0.29, 0.717) is 61.2 Å². The van der Waals surface area contributed by atoms with Gasteiger partial charge in [-0.3, -0.25) is 0 Å². The van der Waals surface area contributed by atoms with Gasteiger partial charge in [0.05, 0.1) is 0 Å². The zero-order valence-corrected chi connectivity index (χ0v) is 15.2. The summed E-state index contributed by atoms with van der Waals surface area (Å²) in [5, 5.41) is 0. The van der Waals surface area contributed by atoms with E-state index in [0.717, 1.165) is 0 Å².